The molecule has 5 heteroatoms. The summed E-state index contributed by atoms with van der Waals surface area (Å²) in [6.45, 7) is 0.892. The summed E-state index contributed by atoms with van der Waals surface area (Å²) in [5.74, 6) is -0.442. The molecule has 0 spiro atoms. The Morgan fingerprint density at radius 3 is 3.17 bits per heavy atom. The van der Waals surface area contributed by atoms with Crippen molar-refractivity contribution < 1.29 is 9.90 Å². The lowest BCUT2D eigenvalue weighted by Gasteiger charge is -2.24. The standard InChI is InChI=1S/C13H13N3O2/c17-13(18)6-1-2-7-8(3-6)12-9-5-14-16-11(9)4-10(7)15-12/h1-3,9,11-12,14,16H,4-5H2,(H,17,18). The number of nitrogens with one attached hydrogen (secondary N) is 2. The first-order chi connectivity index (χ1) is 8.74. The van der Waals surface area contributed by atoms with Crippen LogP contribution in [0, 0.1) is 5.92 Å². The molecule has 0 radical (unpaired) electrons. The molecule has 3 aliphatic rings. The number of hydrogen-bond acceptors (Lipinski definition) is 4. The van der Waals surface area contributed by atoms with Crippen LogP contribution in [0.1, 0.15) is 33.9 Å². The molecule has 3 N–H and O–H groups in total. The van der Waals surface area contributed by atoms with Gasteiger partial charge in [0, 0.05) is 36.2 Å². The quantitative estimate of drug-likeness (QED) is 0.679. The lowest BCUT2D eigenvalue weighted by molar-refractivity contribution is 0.0696. The Labute approximate surface area is 104 Å². The SMILES string of the molecule is O=C(O)c1ccc2c(c1)C1N=C2CC2NNCC21. The molecular weight excluding hydrogens is 230 g/mol. The monoisotopic (exact) mass is 243 g/mol. The predicted molar refractivity (Wildman–Crippen MR) is 65.7 cm³/mol. The topological polar surface area (TPSA) is 73.7 Å². The third-order valence-electron chi connectivity index (χ3n) is 4.18. The van der Waals surface area contributed by atoms with Crippen LogP contribution in [0.3, 0.4) is 0 Å². The van der Waals surface area contributed by atoms with Crippen molar-refractivity contribution in [2.75, 3.05) is 6.54 Å². The van der Waals surface area contributed by atoms with Crippen molar-refractivity contribution in [2.45, 2.75) is 18.5 Å². The van der Waals surface area contributed by atoms with Gasteiger partial charge in [0.15, 0.2) is 0 Å². The molecule has 1 fully saturated rings. The van der Waals surface area contributed by atoms with Crippen molar-refractivity contribution in [2.24, 2.45) is 10.9 Å². The fourth-order valence-corrected chi connectivity index (χ4v) is 3.30. The van der Waals surface area contributed by atoms with Crippen LogP contribution < -0.4 is 10.9 Å². The normalized spacial score (nSPS) is 31.8. The zero-order chi connectivity index (χ0) is 12.3. The Hall–Kier alpha value is -1.72. The summed E-state index contributed by atoms with van der Waals surface area (Å²) < 4.78 is 0. The number of benzene rings is 1. The van der Waals surface area contributed by atoms with E-state index >= 15 is 0 Å². The molecule has 0 aromatic heterocycles. The lowest BCUT2D eigenvalue weighted by atomic mass is 9.88. The molecule has 1 saturated heterocycles. The Balaban J connectivity index is 1.83. The first-order valence-electron chi connectivity index (χ1n) is 6.17. The zero-order valence-corrected chi connectivity index (χ0v) is 9.68. The van der Waals surface area contributed by atoms with E-state index in [0.717, 1.165) is 29.8 Å². The van der Waals surface area contributed by atoms with E-state index in [1.165, 1.54) is 0 Å². The fraction of sp³-hybridized carbons (Fsp3) is 0.385. The maximum atomic E-state index is 11.1. The van der Waals surface area contributed by atoms with E-state index in [1.807, 2.05) is 6.07 Å². The second-order valence-electron chi connectivity index (χ2n) is 5.13. The molecule has 2 bridgehead atoms. The van der Waals surface area contributed by atoms with Crippen molar-refractivity contribution in [1.82, 2.24) is 10.9 Å². The second-order valence-corrected chi connectivity index (χ2v) is 5.13. The molecule has 3 aliphatic heterocycles. The molecule has 3 unspecified atom stereocenters. The van der Waals surface area contributed by atoms with Gasteiger partial charge in [0.25, 0.3) is 0 Å². The summed E-state index contributed by atoms with van der Waals surface area (Å²) in [5, 5.41) is 9.08. The smallest absolute Gasteiger partial charge is 0.335 e. The minimum absolute atomic E-state index is 0.121. The number of fused-ring (bicyclic) bond motifs is 6. The summed E-state index contributed by atoms with van der Waals surface area (Å²) in [6.07, 6.45) is 0.924. The molecular formula is C13H13N3O2. The van der Waals surface area contributed by atoms with Crippen LogP contribution in [-0.4, -0.2) is 29.4 Å². The minimum Gasteiger partial charge on any atom is -0.478 e. The van der Waals surface area contributed by atoms with Crippen LogP contribution >= 0.6 is 0 Å². The zero-order valence-electron chi connectivity index (χ0n) is 9.68. The Morgan fingerprint density at radius 2 is 2.33 bits per heavy atom. The Bertz CT molecular complexity index is 582. The number of nitrogens with zero attached hydrogens (tertiary/aromatic N) is 1. The molecule has 0 amide bonds. The maximum Gasteiger partial charge on any atom is 0.335 e. The van der Waals surface area contributed by atoms with E-state index in [2.05, 4.69) is 10.9 Å². The van der Waals surface area contributed by atoms with Gasteiger partial charge in [0.05, 0.1) is 11.6 Å². The number of hydrogen-bond donors (Lipinski definition) is 3. The molecule has 5 nitrogen and oxygen atoms in total. The fourth-order valence-electron chi connectivity index (χ4n) is 3.30. The second kappa shape index (κ2) is 3.40. The van der Waals surface area contributed by atoms with Crippen LogP contribution in [0.4, 0.5) is 0 Å². The van der Waals surface area contributed by atoms with Gasteiger partial charge in [0.2, 0.25) is 0 Å². The van der Waals surface area contributed by atoms with Crippen LogP contribution in [0.2, 0.25) is 0 Å². The lowest BCUT2D eigenvalue weighted by Crippen LogP contribution is -2.35. The summed E-state index contributed by atoms with van der Waals surface area (Å²) in [6, 6.07) is 5.91. The highest BCUT2D eigenvalue weighted by Crippen LogP contribution is 2.43. The minimum atomic E-state index is -0.872. The number of carboxylic acids is 1. The predicted octanol–water partition coefficient (Wildman–Crippen LogP) is 0.725. The van der Waals surface area contributed by atoms with Gasteiger partial charge in [-0.2, -0.15) is 0 Å². The third-order valence-corrected chi connectivity index (χ3v) is 4.18. The highest BCUT2D eigenvalue weighted by molar-refractivity contribution is 6.06. The largest absolute Gasteiger partial charge is 0.478 e. The van der Waals surface area contributed by atoms with Crippen molar-refractivity contribution in [3.05, 3.63) is 34.9 Å². The highest BCUT2D eigenvalue weighted by atomic mass is 16.4. The third kappa shape index (κ3) is 1.23. The van der Waals surface area contributed by atoms with Gasteiger partial charge >= 0.3 is 5.97 Å². The molecule has 1 aromatic rings. The van der Waals surface area contributed by atoms with E-state index in [1.54, 1.807) is 12.1 Å². The van der Waals surface area contributed by atoms with E-state index in [0.29, 0.717) is 17.5 Å². The average Bonchev–Trinajstić information content (AvgIpc) is 2.94. The van der Waals surface area contributed by atoms with Gasteiger partial charge in [-0.25, -0.2) is 4.79 Å². The van der Waals surface area contributed by atoms with Crippen molar-refractivity contribution >= 4 is 11.7 Å². The van der Waals surface area contributed by atoms with Gasteiger partial charge in [-0.05, 0) is 17.7 Å². The Morgan fingerprint density at radius 1 is 1.44 bits per heavy atom. The number of carboxylic acid groups (broad SMARTS) is 1. The van der Waals surface area contributed by atoms with E-state index in [4.69, 9.17) is 10.1 Å². The molecule has 1 aromatic carbocycles. The van der Waals surface area contributed by atoms with Gasteiger partial charge in [-0.3, -0.25) is 15.8 Å². The van der Waals surface area contributed by atoms with Gasteiger partial charge in [-0.1, -0.05) is 6.07 Å². The summed E-state index contributed by atoms with van der Waals surface area (Å²) in [5.41, 5.74) is 10.2. The first-order valence-corrected chi connectivity index (χ1v) is 6.17. The number of carbonyl (C=O) groups is 1. The summed E-state index contributed by atoms with van der Waals surface area (Å²) >= 11 is 0. The highest BCUT2D eigenvalue weighted by Gasteiger charge is 2.44. The van der Waals surface area contributed by atoms with Crippen LogP contribution in [-0.2, 0) is 0 Å². The van der Waals surface area contributed by atoms with Gasteiger partial charge in [0.1, 0.15) is 0 Å². The first kappa shape index (κ1) is 10.2. The molecule has 18 heavy (non-hydrogen) atoms. The molecule has 4 rings (SSSR count). The van der Waals surface area contributed by atoms with E-state index < -0.39 is 5.97 Å². The Kier molecular flexibility index (Phi) is 1.93. The molecule has 92 valence electrons. The number of hydrazine groups is 1. The van der Waals surface area contributed by atoms with E-state index in [-0.39, 0.29) is 6.04 Å². The van der Waals surface area contributed by atoms with E-state index in [9.17, 15) is 4.79 Å². The van der Waals surface area contributed by atoms with Gasteiger partial charge < -0.3 is 5.11 Å². The van der Waals surface area contributed by atoms with Gasteiger partial charge in [-0.15, -0.1) is 0 Å². The van der Waals surface area contributed by atoms with Crippen molar-refractivity contribution in [1.29, 1.82) is 0 Å². The summed E-state index contributed by atoms with van der Waals surface area (Å²) in [4.78, 5) is 15.8. The number of aliphatic imine (C=N–C) groups is 1. The van der Waals surface area contributed by atoms with Crippen molar-refractivity contribution in [3.63, 3.8) is 0 Å². The molecule has 0 aliphatic carbocycles. The molecule has 3 heterocycles. The van der Waals surface area contributed by atoms with Crippen molar-refractivity contribution in [3.8, 4) is 0 Å². The van der Waals surface area contributed by atoms with Crippen LogP contribution in [0.5, 0.6) is 0 Å². The number of aromatic carboxylic acids is 1. The maximum absolute atomic E-state index is 11.1. The molecule has 0 saturated carbocycles. The van der Waals surface area contributed by atoms with Crippen LogP contribution in [0.25, 0.3) is 0 Å². The summed E-state index contributed by atoms with van der Waals surface area (Å²) in [7, 11) is 0. The molecule has 3 atom stereocenters. The number of rotatable bonds is 1. The van der Waals surface area contributed by atoms with Crippen LogP contribution in [0.15, 0.2) is 23.2 Å². The average molecular weight is 243 g/mol.